The van der Waals surface area contributed by atoms with Crippen molar-refractivity contribution >= 4 is 27.5 Å². The molecule has 4 rings (SSSR count). The molecule has 10 nitrogen and oxygen atoms in total. The lowest BCUT2D eigenvalue weighted by Gasteiger charge is -2.34. The summed E-state index contributed by atoms with van der Waals surface area (Å²) in [6.45, 7) is 3.51. The van der Waals surface area contributed by atoms with Crippen LogP contribution in [0.2, 0.25) is 0 Å². The molecular weight excluding hydrogens is 649 g/mol. The SMILES string of the molecule is CCCNC(=O)C(Cc1ccccc1)N(Cc1ccccc1F)C(=O)CN(c1ccc(OCC)cc1)S(=O)(=O)c1ccc(OC)c(OC)c1. The molecular formula is C37H42FN3O7S. The molecule has 0 bridgehead atoms. The molecule has 0 radical (unpaired) electrons. The van der Waals surface area contributed by atoms with Gasteiger partial charge in [0, 0.05) is 31.1 Å². The van der Waals surface area contributed by atoms with Crippen molar-refractivity contribution in [3.8, 4) is 17.2 Å². The summed E-state index contributed by atoms with van der Waals surface area (Å²) in [5, 5.41) is 2.87. The number of benzene rings is 4. The van der Waals surface area contributed by atoms with Crippen LogP contribution in [0.15, 0.2) is 102 Å². The van der Waals surface area contributed by atoms with Gasteiger partial charge in [0.05, 0.1) is 31.4 Å². The van der Waals surface area contributed by atoms with Gasteiger partial charge >= 0.3 is 0 Å². The molecule has 0 saturated carbocycles. The average molecular weight is 692 g/mol. The minimum absolute atomic E-state index is 0.113. The quantitative estimate of drug-likeness (QED) is 0.153. The van der Waals surface area contributed by atoms with E-state index in [4.69, 9.17) is 14.2 Å². The van der Waals surface area contributed by atoms with E-state index in [0.29, 0.717) is 31.1 Å². The molecule has 49 heavy (non-hydrogen) atoms. The zero-order chi connectivity index (χ0) is 35.4. The Bertz CT molecular complexity index is 1800. The summed E-state index contributed by atoms with van der Waals surface area (Å²) in [4.78, 5) is 29.4. The van der Waals surface area contributed by atoms with E-state index in [2.05, 4.69) is 5.32 Å². The van der Waals surface area contributed by atoms with Crippen molar-refractivity contribution < 1.29 is 36.6 Å². The van der Waals surface area contributed by atoms with Crippen molar-refractivity contribution in [2.24, 2.45) is 0 Å². The number of carbonyl (C=O) groups is 2. The number of nitrogens with zero attached hydrogens (tertiary/aromatic N) is 2. The lowest BCUT2D eigenvalue weighted by Crippen LogP contribution is -2.53. The smallest absolute Gasteiger partial charge is 0.264 e. The summed E-state index contributed by atoms with van der Waals surface area (Å²) >= 11 is 0. The normalized spacial score (nSPS) is 11.7. The van der Waals surface area contributed by atoms with Crippen LogP contribution in [0.1, 0.15) is 31.4 Å². The largest absolute Gasteiger partial charge is 0.494 e. The Morgan fingerprint density at radius 3 is 2.16 bits per heavy atom. The highest BCUT2D eigenvalue weighted by Gasteiger charge is 2.35. The molecule has 1 atom stereocenters. The molecule has 12 heteroatoms. The van der Waals surface area contributed by atoms with Gasteiger partial charge in [-0.05, 0) is 61.4 Å². The van der Waals surface area contributed by atoms with E-state index in [1.807, 2.05) is 44.2 Å². The number of hydrogen-bond acceptors (Lipinski definition) is 7. The monoisotopic (exact) mass is 691 g/mol. The van der Waals surface area contributed by atoms with Crippen molar-refractivity contribution in [3.63, 3.8) is 0 Å². The zero-order valence-electron chi connectivity index (χ0n) is 28.1. The first-order chi connectivity index (χ1) is 23.6. The molecule has 0 aliphatic carbocycles. The number of anilines is 1. The Balaban J connectivity index is 1.83. The van der Waals surface area contributed by atoms with Gasteiger partial charge in [-0.3, -0.25) is 13.9 Å². The third-order valence-electron chi connectivity index (χ3n) is 7.78. The van der Waals surface area contributed by atoms with Crippen molar-refractivity contribution in [3.05, 3.63) is 114 Å². The second-order valence-corrected chi connectivity index (χ2v) is 12.9. The van der Waals surface area contributed by atoms with Gasteiger partial charge in [0.2, 0.25) is 11.8 Å². The highest BCUT2D eigenvalue weighted by molar-refractivity contribution is 7.92. The number of rotatable bonds is 17. The Hall–Kier alpha value is -5.10. The van der Waals surface area contributed by atoms with Crippen LogP contribution in [-0.2, 0) is 32.6 Å². The van der Waals surface area contributed by atoms with Gasteiger partial charge in [-0.15, -0.1) is 0 Å². The molecule has 0 aliphatic heterocycles. The van der Waals surface area contributed by atoms with Crippen LogP contribution in [0.5, 0.6) is 17.2 Å². The predicted octanol–water partition coefficient (Wildman–Crippen LogP) is 5.60. The lowest BCUT2D eigenvalue weighted by atomic mass is 10.0. The van der Waals surface area contributed by atoms with Gasteiger partial charge in [-0.25, -0.2) is 12.8 Å². The van der Waals surface area contributed by atoms with E-state index in [1.54, 1.807) is 18.2 Å². The Morgan fingerprint density at radius 2 is 1.53 bits per heavy atom. The zero-order valence-corrected chi connectivity index (χ0v) is 28.9. The molecule has 0 fully saturated rings. The average Bonchev–Trinajstić information content (AvgIpc) is 3.12. The van der Waals surface area contributed by atoms with Crippen LogP contribution < -0.4 is 23.8 Å². The fourth-order valence-corrected chi connectivity index (χ4v) is 6.67. The molecule has 1 N–H and O–H groups in total. The van der Waals surface area contributed by atoms with E-state index >= 15 is 4.39 Å². The first kappa shape index (κ1) is 36.7. The maximum atomic E-state index is 15.1. The minimum atomic E-state index is -4.43. The summed E-state index contributed by atoms with van der Waals surface area (Å²) in [6, 6.07) is 24.4. The lowest BCUT2D eigenvalue weighted by molar-refractivity contribution is -0.140. The van der Waals surface area contributed by atoms with Crippen LogP contribution in [0.25, 0.3) is 0 Å². The minimum Gasteiger partial charge on any atom is -0.494 e. The van der Waals surface area contributed by atoms with E-state index in [1.165, 1.54) is 67.7 Å². The molecule has 1 unspecified atom stereocenters. The summed E-state index contributed by atoms with van der Waals surface area (Å²) in [6.07, 6.45) is 0.766. The number of sulfonamides is 1. The number of carbonyl (C=O) groups excluding carboxylic acids is 2. The summed E-state index contributed by atoms with van der Waals surface area (Å²) in [7, 11) is -1.61. The first-order valence-electron chi connectivity index (χ1n) is 15.9. The Kier molecular flexibility index (Phi) is 13.0. The summed E-state index contributed by atoms with van der Waals surface area (Å²) in [5.74, 6) is -0.701. The number of amides is 2. The Morgan fingerprint density at radius 1 is 0.857 bits per heavy atom. The molecule has 0 spiro atoms. The van der Waals surface area contributed by atoms with Crippen molar-refractivity contribution in [2.75, 3.05) is 38.2 Å². The van der Waals surface area contributed by atoms with Gasteiger partial charge in [-0.2, -0.15) is 0 Å². The van der Waals surface area contributed by atoms with Crippen molar-refractivity contribution in [1.82, 2.24) is 10.2 Å². The summed E-state index contributed by atoms with van der Waals surface area (Å²) in [5.41, 5.74) is 1.12. The fraction of sp³-hybridized carbons (Fsp3) is 0.297. The van der Waals surface area contributed by atoms with Gasteiger partial charge in [0.15, 0.2) is 11.5 Å². The van der Waals surface area contributed by atoms with Crippen LogP contribution in [0.4, 0.5) is 10.1 Å². The third-order valence-corrected chi connectivity index (χ3v) is 9.55. The van der Waals surface area contributed by atoms with Crippen molar-refractivity contribution in [1.29, 1.82) is 0 Å². The Labute approximate surface area is 287 Å². The molecule has 2 amide bonds. The molecule has 4 aromatic rings. The molecule has 0 saturated heterocycles. The van der Waals surface area contributed by atoms with Gasteiger partial charge in [0.1, 0.15) is 24.2 Å². The van der Waals surface area contributed by atoms with Crippen LogP contribution >= 0.6 is 0 Å². The number of methoxy groups -OCH3 is 2. The molecule has 0 aromatic heterocycles. The van der Waals surface area contributed by atoms with Crippen LogP contribution in [0.3, 0.4) is 0 Å². The highest BCUT2D eigenvalue weighted by atomic mass is 32.2. The molecule has 4 aromatic carbocycles. The maximum Gasteiger partial charge on any atom is 0.264 e. The molecule has 0 aliphatic rings. The number of halogens is 1. The fourth-order valence-electron chi connectivity index (χ4n) is 5.24. The number of ether oxygens (including phenoxy) is 3. The van der Waals surface area contributed by atoms with Crippen molar-refractivity contribution in [2.45, 2.75) is 44.2 Å². The van der Waals surface area contributed by atoms with Gasteiger partial charge < -0.3 is 24.4 Å². The number of hydrogen-bond donors (Lipinski definition) is 1. The second kappa shape index (κ2) is 17.3. The second-order valence-electron chi connectivity index (χ2n) is 11.1. The van der Waals surface area contributed by atoms with E-state index in [9.17, 15) is 18.0 Å². The van der Waals surface area contributed by atoms with Gasteiger partial charge in [-0.1, -0.05) is 55.5 Å². The van der Waals surface area contributed by atoms with E-state index < -0.39 is 40.2 Å². The highest BCUT2D eigenvalue weighted by Crippen LogP contribution is 2.33. The predicted molar refractivity (Wildman–Crippen MR) is 186 cm³/mol. The van der Waals surface area contributed by atoms with E-state index in [0.717, 1.165) is 9.87 Å². The summed E-state index contributed by atoms with van der Waals surface area (Å²) < 4.78 is 61.1. The van der Waals surface area contributed by atoms with Crippen LogP contribution in [0, 0.1) is 5.82 Å². The van der Waals surface area contributed by atoms with Gasteiger partial charge in [0.25, 0.3) is 10.0 Å². The maximum absolute atomic E-state index is 15.1. The molecule has 0 heterocycles. The topological polar surface area (TPSA) is 114 Å². The van der Waals surface area contributed by atoms with Crippen LogP contribution in [-0.4, -0.2) is 65.1 Å². The van der Waals surface area contributed by atoms with E-state index in [-0.39, 0.29) is 34.9 Å². The number of nitrogens with one attached hydrogen (secondary N) is 1. The third kappa shape index (κ3) is 9.29. The molecule has 260 valence electrons. The first-order valence-corrected chi connectivity index (χ1v) is 17.4. The standard InChI is InChI=1S/C37H42FN3O7S/c1-5-22-39-37(43)33(23-27-12-8-7-9-13-27)40(25-28-14-10-11-15-32(28)38)36(42)26-41(29-16-18-30(19-17-29)48-6-2)49(44,45)31-20-21-34(46-3)35(24-31)47-4/h7-21,24,33H,5-6,22-23,25-26H2,1-4H3,(H,39,43).